The van der Waals surface area contributed by atoms with Gasteiger partial charge >= 0.3 is 0 Å². The van der Waals surface area contributed by atoms with E-state index in [0.717, 1.165) is 0 Å². The molecule has 0 bridgehead atoms. The van der Waals surface area contributed by atoms with Gasteiger partial charge in [-0.3, -0.25) is 0 Å². The Labute approximate surface area is 364 Å². The van der Waals surface area contributed by atoms with Crippen LogP contribution in [-0.4, -0.2) is 8.07 Å². The molecule has 0 saturated carbocycles. The van der Waals surface area contributed by atoms with Gasteiger partial charge in [0, 0.05) is 35.7 Å². The molecule has 0 saturated heterocycles. The van der Waals surface area contributed by atoms with Gasteiger partial charge in [-0.1, -0.05) is 162 Å². The summed E-state index contributed by atoms with van der Waals surface area (Å²) in [7, 11) is -2.72. The van der Waals surface area contributed by atoms with E-state index >= 15 is 0 Å². The highest BCUT2D eigenvalue weighted by Gasteiger charge is 2.55. The maximum absolute atomic E-state index is 2.72. The molecular formula is C57H37NS2Si. The summed E-state index contributed by atoms with van der Waals surface area (Å²) in [4.78, 5) is 5.27. The summed E-state index contributed by atoms with van der Waals surface area (Å²) in [5.41, 5.74) is 16.7. The number of fused-ring (bicyclic) bond motifs is 21. The number of hydrogen-bond acceptors (Lipinski definition) is 3. The molecule has 0 aliphatic carbocycles. The number of para-hydroxylation sites is 1. The van der Waals surface area contributed by atoms with Crippen molar-refractivity contribution in [3.63, 3.8) is 0 Å². The first-order chi connectivity index (χ1) is 30.0. The summed E-state index contributed by atoms with van der Waals surface area (Å²) >= 11 is 3.82. The fourth-order valence-corrected chi connectivity index (χ4v) is 20.0. The van der Waals surface area contributed by atoms with Gasteiger partial charge in [-0.2, -0.15) is 0 Å². The summed E-state index contributed by atoms with van der Waals surface area (Å²) < 4.78 is 2.65. The normalized spacial score (nSPS) is 15.2. The second kappa shape index (κ2) is 12.1. The minimum atomic E-state index is -2.72. The molecular weight excluding hydrogens is 791 g/mol. The van der Waals surface area contributed by atoms with Gasteiger partial charge in [-0.25, -0.2) is 0 Å². The second-order valence-electron chi connectivity index (χ2n) is 17.3. The van der Waals surface area contributed by atoms with Crippen LogP contribution in [0.25, 0.3) is 42.4 Å². The molecule has 0 fully saturated rings. The molecule has 61 heavy (non-hydrogen) atoms. The molecule has 10 aromatic rings. The highest BCUT2D eigenvalue weighted by Crippen LogP contribution is 2.63. The molecule has 0 N–H and O–H groups in total. The SMILES string of the molecule is Cc1ccc2c(c1)[Si]1(c3ccccc3-c3ccc(N4c5ccccc5C5(c6ccccc6Sc6ccccc65)c5cc6sc7ccccc7c6cc54)cc31)c1cc(C)ccc1-2. The maximum Gasteiger partial charge on any atom is 0.182 e. The molecule has 0 atom stereocenters. The van der Waals surface area contributed by atoms with Crippen LogP contribution in [0.4, 0.5) is 17.1 Å². The monoisotopic (exact) mass is 827 g/mol. The molecule has 5 heterocycles. The lowest BCUT2D eigenvalue weighted by Gasteiger charge is -2.49. The standard InChI is InChI=1S/C57H37NS2Si/c1-34-23-26-39-40-27-24-35(2)30-55(40)61(54(39)29-34)53-22-12-4-14-38(53)41-28-25-36(31-56(41)61)58-47-18-8-5-15-43(47)57(44-16-6-10-20-50(44)60-51-21-11-7-17-45(51)57)46-33-52-42(32-48(46)58)37-13-3-9-19-49(37)59-52/h3-33H,1-2H3. The fraction of sp³-hybridized carbons (Fsp3) is 0.0526. The van der Waals surface area contributed by atoms with Crippen LogP contribution >= 0.6 is 23.1 Å². The molecule has 1 nitrogen and oxygen atoms in total. The molecule has 286 valence electrons. The van der Waals surface area contributed by atoms with Crippen LogP contribution < -0.4 is 25.6 Å². The lowest BCUT2D eigenvalue weighted by molar-refractivity contribution is 0.693. The van der Waals surface area contributed by atoms with Crippen LogP contribution in [0.5, 0.6) is 0 Å². The summed E-state index contributed by atoms with van der Waals surface area (Å²) in [5.74, 6) is 0. The molecule has 9 aromatic carbocycles. The van der Waals surface area contributed by atoms with E-state index in [1.54, 1.807) is 0 Å². The van der Waals surface area contributed by atoms with E-state index in [-0.39, 0.29) is 0 Å². The van der Waals surface area contributed by atoms with Crippen LogP contribution in [-0.2, 0) is 5.41 Å². The van der Waals surface area contributed by atoms with Crippen LogP contribution in [0, 0.1) is 13.8 Å². The van der Waals surface area contributed by atoms with Gasteiger partial charge in [0.1, 0.15) is 0 Å². The van der Waals surface area contributed by atoms with Gasteiger partial charge in [0.15, 0.2) is 8.07 Å². The Morgan fingerprint density at radius 2 is 0.984 bits per heavy atom. The zero-order valence-corrected chi connectivity index (χ0v) is 36.3. The number of thiophene rings is 1. The zero-order valence-electron chi connectivity index (χ0n) is 33.7. The smallest absolute Gasteiger partial charge is 0.182 e. The first-order valence-electron chi connectivity index (χ1n) is 21.2. The molecule has 4 heteroatoms. The van der Waals surface area contributed by atoms with Crippen molar-refractivity contribution in [2.75, 3.05) is 4.90 Å². The van der Waals surface area contributed by atoms with E-state index in [0.29, 0.717) is 0 Å². The van der Waals surface area contributed by atoms with Crippen LogP contribution in [0.15, 0.2) is 198 Å². The Hall–Kier alpha value is -6.43. The molecule has 0 radical (unpaired) electrons. The Kier molecular flexibility index (Phi) is 6.81. The number of aryl methyl sites for hydroxylation is 2. The Bertz CT molecular complexity index is 3480. The number of benzene rings is 9. The lowest BCUT2D eigenvalue weighted by Crippen LogP contribution is -2.70. The molecule has 0 amide bonds. The van der Waals surface area contributed by atoms with Crippen molar-refractivity contribution in [1.82, 2.24) is 0 Å². The fourth-order valence-electron chi connectivity index (χ4n) is 11.9. The van der Waals surface area contributed by atoms with Crippen LogP contribution in [0.1, 0.15) is 33.4 Å². The Morgan fingerprint density at radius 3 is 1.72 bits per heavy atom. The van der Waals surface area contributed by atoms with Gasteiger partial charge in [0.05, 0.1) is 16.8 Å². The van der Waals surface area contributed by atoms with Crippen LogP contribution in [0.2, 0.25) is 0 Å². The van der Waals surface area contributed by atoms with E-state index in [2.05, 4.69) is 207 Å². The van der Waals surface area contributed by atoms with Crippen LogP contribution in [0.3, 0.4) is 0 Å². The topological polar surface area (TPSA) is 3.24 Å². The molecule has 14 rings (SSSR count). The first-order valence-corrected chi connectivity index (χ1v) is 24.9. The number of rotatable bonds is 1. The molecule has 1 aromatic heterocycles. The minimum absolute atomic E-state index is 0.521. The zero-order chi connectivity index (χ0) is 40.2. The van der Waals surface area contributed by atoms with Gasteiger partial charge in [0.25, 0.3) is 0 Å². The quantitative estimate of drug-likeness (QED) is 0.152. The molecule has 2 spiro atoms. The van der Waals surface area contributed by atoms with E-state index in [4.69, 9.17) is 0 Å². The van der Waals surface area contributed by atoms with Crippen molar-refractivity contribution in [3.05, 3.63) is 221 Å². The van der Waals surface area contributed by atoms with Gasteiger partial charge in [-0.15, -0.1) is 11.3 Å². The maximum atomic E-state index is 2.63. The number of anilines is 3. The second-order valence-corrected chi connectivity index (χ2v) is 23.1. The van der Waals surface area contributed by atoms with Crippen molar-refractivity contribution < 1.29 is 0 Å². The summed E-state index contributed by atoms with van der Waals surface area (Å²) in [6.45, 7) is 4.53. The van der Waals surface area contributed by atoms with Gasteiger partial charge < -0.3 is 4.90 Å². The van der Waals surface area contributed by atoms with Crippen molar-refractivity contribution in [1.29, 1.82) is 0 Å². The highest BCUT2D eigenvalue weighted by atomic mass is 32.2. The summed E-state index contributed by atoms with van der Waals surface area (Å²) in [5, 5.41) is 8.68. The average molecular weight is 828 g/mol. The van der Waals surface area contributed by atoms with E-state index in [9.17, 15) is 0 Å². The molecule has 0 unspecified atom stereocenters. The Balaban J connectivity index is 1.12. The van der Waals surface area contributed by atoms with E-state index in [1.165, 1.54) is 123 Å². The van der Waals surface area contributed by atoms with Gasteiger partial charge in [0.2, 0.25) is 0 Å². The molecule has 4 aliphatic heterocycles. The molecule has 4 aliphatic rings. The largest absolute Gasteiger partial charge is 0.310 e. The lowest BCUT2D eigenvalue weighted by atomic mass is 9.62. The predicted octanol–water partition coefficient (Wildman–Crippen LogP) is 12.6. The highest BCUT2D eigenvalue weighted by molar-refractivity contribution is 7.99. The first kappa shape index (κ1) is 34.3. The summed E-state index contributed by atoms with van der Waals surface area (Å²) in [6.07, 6.45) is 0. The van der Waals surface area contributed by atoms with Crippen molar-refractivity contribution in [2.45, 2.75) is 29.1 Å². The van der Waals surface area contributed by atoms with Crippen molar-refractivity contribution in [2.24, 2.45) is 0 Å². The number of nitrogens with zero attached hydrogens (tertiary/aromatic N) is 1. The number of hydrogen-bond donors (Lipinski definition) is 0. The van der Waals surface area contributed by atoms with Crippen molar-refractivity contribution in [3.8, 4) is 22.3 Å². The minimum Gasteiger partial charge on any atom is -0.310 e. The van der Waals surface area contributed by atoms with Crippen molar-refractivity contribution >= 4 is 89.2 Å². The summed E-state index contributed by atoms with van der Waals surface area (Å²) in [6, 6.07) is 73.0. The van der Waals surface area contributed by atoms with E-state index < -0.39 is 13.5 Å². The predicted molar refractivity (Wildman–Crippen MR) is 261 cm³/mol. The van der Waals surface area contributed by atoms with Gasteiger partial charge in [-0.05, 0) is 128 Å². The van der Waals surface area contributed by atoms with E-state index in [1.807, 2.05) is 23.1 Å². The average Bonchev–Trinajstić information content (AvgIpc) is 3.91. The third-order valence-corrected chi connectivity index (χ3v) is 21.4. The third-order valence-electron chi connectivity index (χ3n) is 14.2. The Morgan fingerprint density at radius 1 is 0.410 bits per heavy atom. The third kappa shape index (κ3) is 4.23.